The molecule has 0 bridgehead atoms. The van der Waals surface area contributed by atoms with E-state index in [1.54, 1.807) is 0 Å². The zero-order valence-corrected chi connectivity index (χ0v) is 50.5. The molecule has 18 rings (SSSR count). The summed E-state index contributed by atoms with van der Waals surface area (Å²) >= 11 is 0. The lowest BCUT2D eigenvalue weighted by Gasteiger charge is -2.24. The highest BCUT2D eigenvalue weighted by molar-refractivity contribution is 6.14. The van der Waals surface area contributed by atoms with Gasteiger partial charge >= 0.3 is 0 Å². The predicted octanol–water partition coefficient (Wildman–Crippen LogP) is 22.5. The van der Waals surface area contributed by atoms with Crippen LogP contribution in [0.1, 0.15) is 0 Å². The van der Waals surface area contributed by atoms with Crippen LogP contribution in [0.15, 0.2) is 340 Å². The highest BCUT2D eigenvalue weighted by atomic mass is 15.0. The van der Waals surface area contributed by atoms with E-state index in [9.17, 15) is 0 Å². The molecule has 0 aliphatic heterocycles. The minimum atomic E-state index is 0.676. The van der Waals surface area contributed by atoms with Gasteiger partial charge in [-0.2, -0.15) is 0 Å². The van der Waals surface area contributed by atoms with Crippen molar-refractivity contribution in [3.63, 3.8) is 0 Å². The topological polar surface area (TPSA) is 53.5 Å². The minimum Gasteiger partial charge on any atom is -0.309 e. The van der Waals surface area contributed by atoms with Crippen molar-refractivity contribution in [3.8, 4) is 107 Å². The molecule has 0 aliphatic carbocycles. The van der Waals surface area contributed by atoms with Crippen LogP contribution in [0.4, 0.5) is 0 Å². The Kier molecular flexibility index (Phi) is 12.8. The quantitative estimate of drug-likeness (QED) is 0.130. The molecular weight excluding hydrogens is 1130 g/mol. The van der Waals surface area contributed by atoms with Crippen molar-refractivity contribution in [2.45, 2.75) is 0 Å². The van der Waals surface area contributed by atoms with E-state index in [0.29, 0.717) is 5.82 Å². The maximum absolute atomic E-state index is 5.88. The number of benzene rings is 13. The van der Waals surface area contributed by atoms with Crippen LogP contribution in [0.3, 0.4) is 0 Å². The Morgan fingerprint density at radius 1 is 0.183 bits per heavy atom. The van der Waals surface area contributed by atoms with E-state index in [1.807, 2.05) is 24.3 Å². The molecule has 0 aliphatic rings. The van der Waals surface area contributed by atoms with E-state index in [0.717, 1.165) is 112 Å². The molecule has 0 amide bonds. The summed E-state index contributed by atoms with van der Waals surface area (Å²) in [7, 11) is 0. The van der Waals surface area contributed by atoms with Crippen LogP contribution in [-0.4, -0.2) is 28.7 Å². The molecule has 0 radical (unpaired) electrons. The number of nitrogens with zero attached hydrogens (tertiary/aromatic N) is 6. The van der Waals surface area contributed by atoms with Crippen LogP contribution in [0.25, 0.3) is 172 Å². The van der Waals surface area contributed by atoms with Crippen molar-refractivity contribution in [3.05, 3.63) is 340 Å². The SMILES string of the molecule is c1ccc(-c2cc(-c3ccc(-c4c(-c5ccccc5)c(-c5ccccc5)nc(-c5ccccc5)c4-c4ccc(-n5c6cc(-n7c8ccccc8c8ccccc87)ccc6c6ccc(-n7c8ccccc8c8ccccc87)cc65)cc4)cc3)nc(-c3ccccc3)n2)cc1. The van der Waals surface area contributed by atoms with Gasteiger partial charge in [-0.15, -0.1) is 0 Å². The largest absolute Gasteiger partial charge is 0.309 e. The first-order chi connectivity index (χ1) is 46.1. The lowest BCUT2D eigenvalue weighted by Crippen LogP contribution is -2.02. The van der Waals surface area contributed by atoms with Crippen molar-refractivity contribution in [1.29, 1.82) is 0 Å². The van der Waals surface area contributed by atoms with Crippen LogP contribution in [0.5, 0.6) is 0 Å². The van der Waals surface area contributed by atoms with Crippen LogP contribution in [0, 0.1) is 0 Å². The Hall–Kier alpha value is -12.5. The first-order valence-electron chi connectivity index (χ1n) is 31.7. The van der Waals surface area contributed by atoms with Crippen molar-refractivity contribution in [2.24, 2.45) is 0 Å². The average molecular weight is 1190 g/mol. The number of aromatic nitrogens is 6. The molecule has 5 heterocycles. The molecular formula is C87H56N6. The van der Waals surface area contributed by atoms with E-state index < -0.39 is 0 Å². The highest BCUT2D eigenvalue weighted by Crippen LogP contribution is 2.50. The van der Waals surface area contributed by atoms with E-state index in [2.05, 4.69) is 329 Å². The van der Waals surface area contributed by atoms with Gasteiger partial charge in [0.15, 0.2) is 5.82 Å². The summed E-state index contributed by atoms with van der Waals surface area (Å²) in [4.78, 5) is 16.3. The van der Waals surface area contributed by atoms with Crippen LogP contribution >= 0.6 is 0 Å². The van der Waals surface area contributed by atoms with Crippen molar-refractivity contribution < 1.29 is 0 Å². The molecule has 6 heteroatoms. The van der Waals surface area contributed by atoms with Gasteiger partial charge in [-0.1, -0.05) is 273 Å². The molecule has 6 nitrogen and oxygen atoms in total. The smallest absolute Gasteiger partial charge is 0.160 e. The molecule has 0 spiro atoms. The van der Waals surface area contributed by atoms with Gasteiger partial charge < -0.3 is 13.7 Å². The predicted molar refractivity (Wildman–Crippen MR) is 386 cm³/mol. The molecule has 18 aromatic rings. The molecule has 0 fully saturated rings. The van der Waals surface area contributed by atoms with Crippen LogP contribution in [0.2, 0.25) is 0 Å². The number of rotatable bonds is 11. The molecule has 13 aromatic carbocycles. The van der Waals surface area contributed by atoms with E-state index in [-0.39, 0.29) is 0 Å². The summed E-state index contributed by atoms with van der Waals surface area (Å²) < 4.78 is 7.32. The molecule has 93 heavy (non-hydrogen) atoms. The van der Waals surface area contributed by atoms with Gasteiger partial charge in [-0.25, -0.2) is 15.0 Å². The summed E-state index contributed by atoms with van der Waals surface area (Å²) in [5.74, 6) is 0.676. The van der Waals surface area contributed by atoms with Gasteiger partial charge in [0, 0.05) is 93.9 Å². The number of hydrogen-bond donors (Lipinski definition) is 0. The molecule has 0 saturated carbocycles. The van der Waals surface area contributed by atoms with E-state index in [1.165, 1.54) is 54.4 Å². The maximum atomic E-state index is 5.88. The monoisotopic (exact) mass is 1180 g/mol. The molecule has 5 aromatic heterocycles. The molecule has 0 saturated heterocycles. The van der Waals surface area contributed by atoms with E-state index >= 15 is 0 Å². The lowest BCUT2D eigenvalue weighted by molar-refractivity contribution is 1.14. The minimum absolute atomic E-state index is 0.676. The second kappa shape index (κ2) is 22.2. The third-order valence-corrected chi connectivity index (χ3v) is 18.5. The zero-order chi connectivity index (χ0) is 61.3. The average Bonchev–Trinajstić information content (AvgIpc) is 1.68. The summed E-state index contributed by atoms with van der Waals surface area (Å²) in [6, 6.07) is 122. The standard InChI is InChI=1S/C87H56N6/c1-6-24-57(25-7-1)74-56-75(89-87(88-74)64-32-14-5-15-33-64)58-42-44-60(45-43-58)82-83(59-26-8-2-9-27-59)85(62-28-10-3-11-29-62)90-86(63-30-12-4-13-31-63)84(82)61-46-48-65(49-47-61)91-80-54-66(92-76-38-20-16-34-68(76)69-35-17-21-39-77(69)92)50-52-72(80)73-53-51-67(55-81(73)91)93-78-40-22-18-36-70(78)71-37-19-23-41-79(71)93/h1-56H. The Labute approximate surface area is 537 Å². The molecule has 0 unspecified atom stereocenters. The fourth-order valence-electron chi connectivity index (χ4n) is 14.3. The second-order valence-electron chi connectivity index (χ2n) is 23.8. The van der Waals surface area contributed by atoms with Gasteiger partial charge in [0.1, 0.15) is 0 Å². The van der Waals surface area contributed by atoms with Crippen molar-refractivity contribution >= 4 is 65.4 Å². The Morgan fingerprint density at radius 2 is 0.473 bits per heavy atom. The van der Waals surface area contributed by atoms with Crippen LogP contribution < -0.4 is 0 Å². The number of hydrogen-bond acceptors (Lipinski definition) is 3. The Morgan fingerprint density at radius 3 is 0.903 bits per heavy atom. The van der Waals surface area contributed by atoms with Gasteiger partial charge in [0.25, 0.3) is 0 Å². The number of fused-ring (bicyclic) bond motifs is 9. The zero-order valence-electron chi connectivity index (χ0n) is 50.5. The summed E-state index contributed by atoms with van der Waals surface area (Å²) in [5.41, 5.74) is 25.0. The fourth-order valence-corrected chi connectivity index (χ4v) is 14.3. The Bertz CT molecular complexity index is 5540. The second-order valence-corrected chi connectivity index (χ2v) is 23.8. The first kappa shape index (κ1) is 53.5. The highest BCUT2D eigenvalue weighted by Gasteiger charge is 2.27. The fraction of sp³-hybridized carbons (Fsp3) is 0. The van der Waals surface area contributed by atoms with Crippen molar-refractivity contribution in [1.82, 2.24) is 28.7 Å². The van der Waals surface area contributed by atoms with Gasteiger partial charge in [0.05, 0.1) is 55.9 Å². The normalized spacial score (nSPS) is 11.7. The summed E-state index contributed by atoms with van der Waals surface area (Å²) in [6.45, 7) is 0. The molecule has 0 N–H and O–H groups in total. The third-order valence-electron chi connectivity index (χ3n) is 18.5. The van der Waals surface area contributed by atoms with Gasteiger partial charge in [-0.3, -0.25) is 0 Å². The third kappa shape index (κ3) is 9.06. The first-order valence-corrected chi connectivity index (χ1v) is 31.7. The Balaban J connectivity index is 0.875. The van der Waals surface area contributed by atoms with Crippen molar-refractivity contribution in [2.75, 3.05) is 0 Å². The summed E-state index contributed by atoms with van der Waals surface area (Å²) in [5, 5.41) is 7.26. The molecule has 434 valence electrons. The summed E-state index contributed by atoms with van der Waals surface area (Å²) in [6.07, 6.45) is 0. The van der Waals surface area contributed by atoms with Gasteiger partial charge in [-0.05, 0) is 83.4 Å². The number of pyridine rings is 1. The number of para-hydroxylation sites is 4. The molecule has 0 atom stereocenters. The van der Waals surface area contributed by atoms with Gasteiger partial charge in [0.2, 0.25) is 0 Å². The van der Waals surface area contributed by atoms with Crippen LogP contribution in [-0.2, 0) is 0 Å². The lowest BCUT2D eigenvalue weighted by atomic mass is 9.83. The maximum Gasteiger partial charge on any atom is 0.160 e. The van der Waals surface area contributed by atoms with E-state index in [4.69, 9.17) is 15.0 Å².